The first-order valence-corrected chi connectivity index (χ1v) is 9.92. The summed E-state index contributed by atoms with van der Waals surface area (Å²) in [5.74, 6) is -0.562. The highest BCUT2D eigenvalue weighted by Crippen LogP contribution is 2.36. The summed E-state index contributed by atoms with van der Waals surface area (Å²) in [7, 11) is 0. The van der Waals surface area contributed by atoms with Gasteiger partial charge in [0, 0.05) is 0 Å². The van der Waals surface area contributed by atoms with Crippen LogP contribution in [0.25, 0.3) is 11.1 Å². The van der Waals surface area contributed by atoms with Crippen molar-refractivity contribution in [3.63, 3.8) is 0 Å². The first kappa shape index (κ1) is 22.4. The monoisotopic (exact) mass is 428 g/mol. The van der Waals surface area contributed by atoms with E-state index in [9.17, 15) is 23.1 Å². The number of hydrogen-bond acceptors (Lipinski definition) is 2. The molecule has 0 aliphatic rings. The Bertz CT molecular complexity index is 1030. The van der Waals surface area contributed by atoms with Crippen molar-refractivity contribution in [1.82, 2.24) is 0 Å². The van der Waals surface area contributed by atoms with Gasteiger partial charge in [0.15, 0.2) is 0 Å². The van der Waals surface area contributed by atoms with Crippen molar-refractivity contribution in [1.29, 1.82) is 0 Å². The van der Waals surface area contributed by atoms with Crippen molar-refractivity contribution >= 4 is 5.97 Å². The van der Waals surface area contributed by atoms with Crippen molar-refractivity contribution in [3.8, 4) is 22.6 Å². The highest BCUT2D eigenvalue weighted by molar-refractivity contribution is 5.78. The Hall–Kier alpha value is -3.28. The summed E-state index contributed by atoms with van der Waals surface area (Å²) in [5.41, 5.74) is 0.939. The fourth-order valence-electron chi connectivity index (χ4n) is 3.38. The lowest BCUT2D eigenvalue weighted by atomic mass is 9.88. The van der Waals surface area contributed by atoms with Crippen molar-refractivity contribution in [3.05, 3.63) is 83.9 Å². The van der Waals surface area contributed by atoms with Gasteiger partial charge in [0.25, 0.3) is 0 Å². The molecule has 0 saturated heterocycles. The standard InChI is InChI=1S/C25H23F3O3/c1-16(2)12-23(24(29)30)19-13-18(17-8-10-20(11-9-17)25(26,27)28)14-22(15-19)31-21-6-4-3-5-7-21/h3-11,13-16,23H,12H2,1-2H3,(H,29,30). The van der Waals surface area contributed by atoms with Gasteiger partial charge in [0.05, 0.1) is 11.5 Å². The van der Waals surface area contributed by atoms with Crippen molar-refractivity contribution < 1.29 is 27.8 Å². The largest absolute Gasteiger partial charge is 0.481 e. The number of alkyl halides is 3. The quantitative estimate of drug-likeness (QED) is 0.427. The van der Waals surface area contributed by atoms with Crippen LogP contribution in [0.15, 0.2) is 72.8 Å². The van der Waals surface area contributed by atoms with Crippen LogP contribution in [0.2, 0.25) is 0 Å². The van der Waals surface area contributed by atoms with E-state index in [0.29, 0.717) is 34.6 Å². The van der Waals surface area contributed by atoms with Crippen LogP contribution in [0.4, 0.5) is 13.2 Å². The maximum Gasteiger partial charge on any atom is 0.416 e. The third kappa shape index (κ3) is 5.87. The van der Waals surface area contributed by atoms with Crippen LogP contribution in [-0.4, -0.2) is 11.1 Å². The number of rotatable bonds is 7. The van der Waals surface area contributed by atoms with E-state index >= 15 is 0 Å². The van der Waals surface area contributed by atoms with E-state index in [2.05, 4.69) is 0 Å². The van der Waals surface area contributed by atoms with Crippen molar-refractivity contribution in [2.24, 2.45) is 5.92 Å². The van der Waals surface area contributed by atoms with Gasteiger partial charge in [-0.3, -0.25) is 4.79 Å². The Labute approximate surface area is 179 Å². The number of carboxylic acids is 1. The molecule has 0 fully saturated rings. The van der Waals surface area contributed by atoms with Crippen LogP contribution < -0.4 is 4.74 Å². The molecule has 162 valence electrons. The molecular formula is C25H23F3O3. The Morgan fingerprint density at radius 2 is 1.55 bits per heavy atom. The zero-order chi connectivity index (χ0) is 22.6. The first-order chi connectivity index (χ1) is 14.6. The predicted octanol–water partition coefficient (Wildman–Crippen LogP) is 7.38. The van der Waals surface area contributed by atoms with Crippen LogP contribution in [0.3, 0.4) is 0 Å². The fourth-order valence-corrected chi connectivity index (χ4v) is 3.38. The van der Waals surface area contributed by atoms with E-state index in [0.717, 1.165) is 12.1 Å². The average Bonchev–Trinajstić information content (AvgIpc) is 2.71. The summed E-state index contributed by atoms with van der Waals surface area (Å²) in [5, 5.41) is 9.78. The maximum absolute atomic E-state index is 12.9. The second kappa shape index (κ2) is 9.25. The van der Waals surface area contributed by atoms with Gasteiger partial charge in [-0.1, -0.05) is 50.2 Å². The molecule has 0 bridgehead atoms. The lowest BCUT2D eigenvalue weighted by Crippen LogP contribution is -2.14. The maximum atomic E-state index is 12.9. The smallest absolute Gasteiger partial charge is 0.416 e. The normalized spacial score (nSPS) is 12.6. The third-order valence-corrected chi connectivity index (χ3v) is 4.86. The predicted molar refractivity (Wildman–Crippen MR) is 113 cm³/mol. The topological polar surface area (TPSA) is 46.5 Å². The number of carbonyl (C=O) groups is 1. The molecule has 0 aromatic heterocycles. The fraction of sp³-hybridized carbons (Fsp3) is 0.240. The van der Waals surface area contributed by atoms with E-state index in [1.165, 1.54) is 12.1 Å². The molecule has 1 unspecified atom stereocenters. The summed E-state index contributed by atoms with van der Waals surface area (Å²) >= 11 is 0. The first-order valence-electron chi connectivity index (χ1n) is 9.92. The van der Waals surface area contributed by atoms with Gasteiger partial charge >= 0.3 is 12.1 Å². The molecule has 0 heterocycles. The summed E-state index contributed by atoms with van der Waals surface area (Å²) in [6.45, 7) is 3.88. The average molecular weight is 428 g/mol. The van der Waals surface area contributed by atoms with Gasteiger partial charge in [-0.25, -0.2) is 0 Å². The molecule has 0 aliphatic heterocycles. The number of benzene rings is 3. The van der Waals surface area contributed by atoms with E-state index in [1.807, 2.05) is 32.0 Å². The van der Waals surface area contributed by atoms with Crippen molar-refractivity contribution in [2.75, 3.05) is 0 Å². The van der Waals surface area contributed by atoms with Gasteiger partial charge < -0.3 is 9.84 Å². The van der Waals surface area contributed by atoms with Gasteiger partial charge in [-0.15, -0.1) is 0 Å². The molecule has 0 amide bonds. The Balaban J connectivity index is 2.06. The highest BCUT2D eigenvalue weighted by Gasteiger charge is 2.30. The molecule has 1 atom stereocenters. The summed E-state index contributed by atoms with van der Waals surface area (Å²) in [6.07, 6.45) is -4.00. The molecule has 31 heavy (non-hydrogen) atoms. The van der Waals surface area contributed by atoms with Gasteiger partial charge in [-0.2, -0.15) is 13.2 Å². The van der Waals surface area contributed by atoms with Crippen LogP contribution in [-0.2, 0) is 11.0 Å². The summed E-state index contributed by atoms with van der Waals surface area (Å²) in [4.78, 5) is 11.9. The van der Waals surface area contributed by atoms with Crippen LogP contribution >= 0.6 is 0 Å². The highest BCUT2D eigenvalue weighted by atomic mass is 19.4. The molecule has 0 spiro atoms. The van der Waals surface area contributed by atoms with Gasteiger partial charge in [-0.05, 0) is 65.4 Å². The number of hydrogen-bond donors (Lipinski definition) is 1. The molecule has 3 aromatic carbocycles. The molecule has 0 radical (unpaired) electrons. The second-order valence-electron chi connectivity index (χ2n) is 7.80. The Morgan fingerprint density at radius 1 is 0.903 bits per heavy atom. The number of aliphatic carboxylic acids is 1. The minimum Gasteiger partial charge on any atom is -0.481 e. The van der Waals surface area contributed by atoms with Gasteiger partial charge in [0.1, 0.15) is 11.5 Å². The third-order valence-electron chi connectivity index (χ3n) is 4.86. The summed E-state index contributed by atoms with van der Waals surface area (Å²) < 4.78 is 44.7. The Kier molecular flexibility index (Phi) is 6.68. The van der Waals surface area contributed by atoms with Crippen LogP contribution in [0.1, 0.15) is 37.3 Å². The molecule has 3 aromatic rings. The zero-order valence-electron chi connectivity index (χ0n) is 17.2. The van der Waals surface area contributed by atoms with Gasteiger partial charge in [0.2, 0.25) is 0 Å². The Morgan fingerprint density at radius 3 is 2.10 bits per heavy atom. The molecular weight excluding hydrogens is 405 g/mol. The van der Waals surface area contributed by atoms with E-state index in [4.69, 9.17) is 4.74 Å². The number of halogens is 3. The molecule has 1 N–H and O–H groups in total. The van der Waals surface area contributed by atoms with E-state index < -0.39 is 23.6 Å². The zero-order valence-corrected chi connectivity index (χ0v) is 17.2. The van der Waals surface area contributed by atoms with E-state index in [1.54, 1.807) is 30.3 Å². The SMILES string of the molecule is CC(C)CC(C(=O)O)c1cc(Oc2ccccc2)cc(-c2ccc(C(F)(F)F)cc2)c1. The number of ether oxygens (including phenoxy) is 1. The molecule has 3 rings (SSSR count). The van der Waals surface area contributed by atoms with Crippen LogP contribution in [0, 0.1) is 5.92 Å². The minimum atomic E-state index is -4.42. The molecule has 0 aliphatic carbocycles. The lowest BCUT2D eigenvalue weighted by molar-refractivity contribution is -0.139. The van der Waals surface area contributed by atoms with Crippen LogP contribution in [0.5, 0.6) is 11.5 Å². The van der Waals surface area contributed by atoms with E-state index in [-0.39, 0.29) is 5.92 Å². The second-order valence-corrected chi connectivity index (χ2v) is 7.80. The van der Waals surface area contributed by atoms with Crippen molar-refractivity contribution in [2.45, 2.75) is 32.4 Å². The minimum absolute atomic E-state index is 0.148. The number of para-hydroxylation sites is 1. The molecule has 3 nitrogen and oxygen atoms in total. The lowest BCUT2D eigenvalue weighted by Gasteiger charge is -2.18. The summed E-state index contributed by atoms with van der Waals surface area (Å²) in [6, 6.07) is 18.9. The number of carboxylic acid groups (broad SMARTS) is 1. The molecule has 6 heteroatoms. The molecule has 0 saturated carbocycles.